The van der Waals surface area contributed by atoms with Gasteiger partial charge in [0.05, 0.1) is 5.92 Å². The Morgan fingerprint density at radius 1 is 1.04 bits per heavy atom. The molecular formula is C18H24FN3O2. The van der Waals surface area contributed by atoms with Crippen LogP contribution in [0, 0.1) is 11.7 Å². The number of hydrogen-bond acceptors (Lipinski definition) is 2. The Kier molecular flexibility index (Phi) is 5.33. The fourth-order valence-electron chi connectivity index (χ4n) is 3.50. The van der Waals surface area contributed by atoms with Crippen molar-refractivity contribution in [3.8, 4) is 0 Å². The fourth-order valence-corrected chi connectivity index (χ4v) is 3.50. The van der Waals surface area contributed by atoms with Crippen LogP contribution >= 0.6 is 0 Å². The topological polar surface area (TPSA) is 61.4 Å². The van der Waals surface area contributed by atoms with E-state index >= 15 is 0 Å². The molecule has 5 nitrogen and oxygen atoms in total. The maximum absolute atomic E-state index is 12.9. The van der Waals surface area contributed by atoms with Crippen molar-refractivity contribution in [2.75, 3.05) is 18.4 Å². The lowest BCUT2D eigenvalue weighted by Crippen LogP contribution is -2.48. The number of anilines is 1. The third-order valence-corrected chi connectivity index (χ3v) is 4.88. The summed E-state index contributed by atoms with van der Waals surface area (Å²) in [5.41, 5.74) is 0.555. The van der Waals surface area contributed by atoms with Gasteiger partial charge in [0.1, 0.15) is 5.82 Å². The standard InChI is InChI=1S/C18H24FN3O2/c19-14-7-9-16(10-8-14)21-18(24)22-11-3-4-13(12-22)17(23)20-15-5-1-2-6-15/h7-10,13,15H,1-6,11-12H2,(H,20,23)(H,21,24). The minimum atomic E-state index is -0.338. The van der Waals surface area contributed by atoms with Gasteiger partial charge in [-0.05, 0) is 49.9 Å². The number of likely N-dealkylation sites (tertiary alicyclic amines) is 1. The zero-order chi connectivity index (χ0) is 16.9. The number of piperidine rings is 1. The first-order chi connectivity index (χ1) is 11.6. The molecule has 0 bridgehead atoms. The Morgan fingerprint density at radius 2 is 1.75 bits per heavy atom. The first-order valence-electron chi connectivity index (χ1n) is 8.74. The Labute approximate surface area is 141 Å². The summed E-state index contributed by atoms with van der Waals surface area (Å²) in [4.78, 5) is 26.4. The van der Waals surface area contributed by atoms with E-state index in [0.29, 0.717) is 24.8 Å². The van der Waals surface area contributed by atoms with Crippen LogP contribution in [0.5, 0.6) is 0 Å². The monoisotopic (exact) mass is 333 g/mol. The third kappa shape index (κ3) is 4.24. The molecule has 6 heteroatoms. The number of urea groups is 1. The van der Waals surface area contributed by atoms with Crippen molar-refractivity contribution >= 4 is 17.6 Å². The van der Waals surface area contributed by atoms with Crippen LogP contribution in [0.25, 0.3) is 0 Å². The zero-order valence-corrected chi connectivity index (χ0v) is 13.8. The minimum absolute atomic E-state index is 0.0705. The van der Waals surface area contributed by atoms with E-state index in [1.54, 1.807) is 4.90 Å². The number of rotatable bonds is 3. The summed E-state index contributed by atoms with van der Waals surface area (Å²) in [5, 5.41) is 5.89. The molecule has 1 saturated carbocycles. The lowest BCUT2D eigenvalue weighted by atomic mass is 9.97. The molecule has 2 aliphatic rings. The van der Waals surface area contributed by atoms with Gasteiger partial charge in [0.25, 0.3) is 0 Å². The summed E-state index contributed by atoms with van der Waals surface area (Å²) in [6.07, 6.45) is 6.13. The molecule has 0 radical (unpaired) electrons. The van der Waals surface area contributed by atoms with E-state index < -0.39 is 0 Å². The van der Waals surface area contributed by atoms with E-state index in [2.05, 4.69) is 10.6 Å². The predicted molar refractivity (Wildman–Crippen MR) is 90.1 cm³/mol. The van der Waals surface area contributed by atoms with Gasteiger partial charge in [0, 0.05) is 24.8 Å². The lowest BCUT2D eigenvalue weighted by molar-refractivity contribution is -0.126. The third-order valence-electron chi connectivity index (χ3n) is 4.88. The molecule has 3 rings (SSSR count). The number of carbonyl (C=O) groups is 2. The van der Waals surface area contributed by atoms with Gasteiger partial charge >= 0.3 is 6.03 Å². The first kappa shape index (κ1) is 16.7. The highest BCUT2D eigenvalue weighted by Gasteiger charge is 2.30. The van der Waals surface area contributed by atoms with Crippen LogP contribution in [0.1, 0.15) is 38.5 Å². The molecule has 2 fully saturated rings. The Morgan fingerprint density at radius 3 is 2.46 bits per heavy atom. The SMILES string of the molecule is O=C(NC1CCCC1)C1CCCN(C(=O)Nc2ccc(F)cc2)C1. The van der Waals surface area contributed by atoms with Crippen LogP contribution in [-0.4, -0.2) is 36.0 Å². The van der Waals surface area contributed by atoms with Crippen molar-refractivity contribution in [2.24, 2.45) is 5.92 Å². The maximum atomic E-state index is 12.9. The molecule has 1 aromatic rings. The smallest absolute Gasteiger partial charge is 0.321 e. The highest BCUT2D eigenvalue weighted by atomic mass is 19.1. The molecule has 1 heterocycles. The summed E-state index contributed by atoms with van der Waals surface area (Å²) in [6.45, 7) is 1.08. The largest absolute Gasteiger partial charge is 0.353 e. The average molecular weight is 333 g/mol. The number of nitrogens with zero attached hydrogens (tertiary/aromatic N) is 1. The number of halogens is 1. The van der Waals surface area contributed by atoms with E-state index in [4.69, 9.17) is 0 Å². The van der Waals surface area contributed by atoms with Crippen molar-refractivity contribution < 1.29 is 14.0 Å². The van der Waals surface area contributed by atoms with Crippen LogP contribution < -0.4 is 10.6 Å². The van der Waals surface area contributed by atoms with E-state index in [0.717, 1.165) is 25.7 Å². The number of amides is 3. The van der Waals surface area contributed by atoms with Crippen molar-refractivity contribution in [1.29, 1.82) is 0 Å². The van der Waals surface area contributed by atoms with Gasteiger partial charge in [-0.15, -0.1) is 0 Å². The van der Waals surface area contributed by atoms with Crippen LogP contribution in [0.3, 0.4) is 0 Å². The Hall–Kier alpha value is -2.11. The van der Waals surface area contributed by atoms with Crippen LogP contribution in [0.2, 0.25) is 0 Å². The summed E-state index contributed by atoms with van der Waals surface area (Å²) in [5.74, 6) is -0.408. The van der Waals surface area contributed by atoms with Crippen LogP contribution in [-0.2, 0) is 4.79 Å². The van der Waals surface area contributed by atoms with E-state index in [1.165, 1.54) is 37.1 Å². The second kappa shape index (κ2) is 7.64. The van der Waals surface area contributed by atoms with Crippen molar-refractivity contribution in [2.45, 2.75) is 44.6 Å². The second-order valence-corrected chi connectivity index (χ2v) is 6.71. The number of hydrogen-bond donors (Lipinski definition) is 2. The molecular weight excluding hydrogens is 309 g/mol. The molecule has 1 unspecified atom stereocenters. The Bertz CT molecular complexity index is 584. The van der Waals surface area contributed by atoms with Gasteiger partial charge < -0.3 is 15.5 Å². The number of carbonyl (C=O) groups excluding carboxylic acids is 2. The summed E-state index contributed by atoms with van der Waals surface area (Å²) >= 11 is 0. The first-order valence-corrected chi connectivity index (χ1v) is 8.74. The molecule has 24 heavy (non-hydrogen) atoms. The van der Waals surface area contributed by atoms with Gasteiger partial charge in [-0.25, -0.2) is 9.18 Å². The molecule has 2 N–H and O–H groups in total. The van der Waals surface area contributed by atoms with Gasteiger partial charge in [-0.1, -0.05) is 12.8 Å². The van der Waals surface area contributed by atoms with Gasteiger partial charge in [-0.3, -0.25) is 4.79 Å². The normalized spacial score (nSPS) is 21.5. The van der Waals surface area contributed by atoms with Gasteiger partial charge in [0.2, 0.25) is 5.91 Å². The molecule has 1 saturated heterocycles. The maximum Gasteiger partial charge on any atom is 0.321 e. The van der Waals surface area contributed by atoms with Gasteiger partial charge in [0.15, 0.2) is 0 Å². The lowest BCUT2D eigenvalue weighted by Gasteiger charge is -2.32. The minimum Gasteiger partial charge on any atom is -0.353 e. The molecule has 1 aromatic carbocycles. The van der Waals surface area contributed by atoms with E-state index in [1.807, 2.05) is 0 Å². The molecule has 3 amide bonds. The van der Waals surface area contributed by atoms with E-state index in [9.17, 15) is 14.0 Å². The highest BCUT2D eigenvalue weighted by Crippen LogP contribution is 2.21. The van der Waals surface area contributed by atoms with Crippen LogP contribution in [0.15, 0.2) is 24.3 Å². The van der Waals surface area contributed by atoms with Gasteiger partial charge in [-0.2, -0.15) is 0 Å². The highest BCUT2D eigenvalue weighted by molar-refractivity contribution is 5.90. The number of benzene rings is 1. The summed E-state index contributed by atoms with van der Waals surface area (Å²) < 4.78 is 12.9. The quantitative estimate of drug-likeness (QED) is 0.893. The molecule has 0 spiro atoms. The second-order valence-electron chi connectivity index (χ2n) is 6.71. The molecule has 130 valence electrons. The molecule has 0 aromatic heterocycles. The number of nitrogens with one attached hydrogen (secondary N) is 2. The zero-order valence-electron chi connectivity index (χ0n) is 13.8. The fraction of sp³-hybridized carbons (Fsp3) is 0.556. The van der Waals surface area contributed by atoms with Crippen LogP contribution in [0.4, 0.5) is 14.9 Å². The average Bonchev–Trinajstić information content (AvgIpc) is 3.10. The molecule has 1 atom stereocenters. The van der Waals surface area contributed by atoms with Crippen molar-refractivity contribution in [1.82, 2.24) is 10.2 Å². The molecule has 1 aliphatic carbocycles. The van der Waals surface area contributed by atoms with Crippen molar-refractivity contribution in [3.05, 3.63) is 30.1 Å². The summed E-state index contributed by atoms with van der Waals surface area (Å²) in [6, 6.07) is 5.75. The predicted octanol–water partition coefficient (Wildman–Crippen LogP) is 3.13. The van der Waals surface area contributed by atoms with Crippen molar-refractivity contribution in [3.63, 3.8) is 0 Å². The summed E-state index contributed by atoms with van der Waals surface area (Å²) in [7, 11) is 0. The van der Waals surface area contributed by atoms with E-state index in [-0.39, 0.29) is 23.7 Å². The molecule has 1 aliphatic heterocycles. The Balaban J connectivity index is 1.53.